The molecular formula is C31H39F3O8S. The average Bonchev–Trinajstić information content (AvgIpc) is 3.47. The van der Waals surface area contributed by atoms with Gasteiger partial charge in [0.15, 0.2) is 0 Å². The van der Waals surface area contributed by atoms with Gasteiger partial charge in [0.05, 0.1) is 25.3 Å². The Morgan fingerprint density at radius 2 is 1.26 bits per heavy atom. The Balaban J connectivity index is 0.000000248. The Bertz CT molecular complexity index is 1450. The van der Waals surface area contributed by atoms with Crippen molar-refractivity contribution in [3.8, 4) is 11.5 Å². The van der Waals surface area contributed by atoms with Crippen molar-refractivity contribution in [2.24, 2.45) is 10.8 Å². The number of hydrogen-bond acceptors (Lipinski definition) is 8. The summed E-state index contributed by atoms with van der Waals surface area (Å²) in [5.41, 5.74) is -3.86. The first-order valence-electron chi connectivity index (χ1n) is 14.0. The number of hydrogen-bond donors (Lipinski definition) is 1. The first kappa shape index (κ1) is 34.2. The fraction of sp³-hybridized carbons (Fsp3) is 0.548. The van der Waals surface area contributed by atoms with Crippen LogP contribution in [-0.2, 0) is 19.6 Å². The van der Waals surface area contributed by atoms with Crippen molar-refractivity contribution >= 4 is 22.1 Å². The molecule has 0 spiro atoms. The lowest BCUT2D eigenvalue weighted by molar-refractivity contribution is -0.0500. The number of rotatable bonds is 6. The summed E-state index contributed by atoms with van der Waals surface area (Å²) in [6.07, 6.45) is 5.70. The van der Waals surface area contributed by atoms with Gasteiger partial charge in [0, 0.05) is 5.56 Å². The van der Waals surface area contributed by atoms with E-state index in [1.807, 2.05) is 13.8 Å². The molecular weight excluding hydrogens is 589 g/mol. The molecule has 0 saturated heterocycles. The van der Waals surface area contributed by atoms with Crippen molar-refractivity contribution in [1.29, 1.82) is 0 Å². The summed E-state index contributed by atoms with van der Waals surface area (Å²) in [5, 5.41) is 10.0. The number of aromatic hydroxyl groups is 1. The van der Waals surface area contributed by atoms with Crippen molar-refractivity contribution in [1.82, 2.24) is 0 Å². The van der Waals surface area contributed by atoms with Crippen LogP contribution in [-0.4, -0.2) is 45.2 Å². The second kappa shape index (κ2) is 12.8. The van der Waals surface area contributed by atoms with Crippen LogP contribution < -0.4 is 4.18 Å². The van der Waals surface area contributed by atoms with Crippen LogP contribution in [0.25, 0.3) is 0 Å². The molecule has 0 radical (unpaired) electrons. The molecule has 0 heterocycles. The Morgan fingerprint density at radius 1 is 0.814 bits per heavy atom. The van der Waals surface area contributed by atoms with Gasteiger partial charge in [-0.15, -0.1) is 0 Å². The molecule has 2 unspecified atom stereocenters. The van der Waals surface area contributed by atoms with E-state index in [1.165, 1.54) is 32.8 Å². The van der Waals surface area contributed by atoms with Crippen LogP contribution >= 0.6 is 0 Å². The van der Waals surface area contributed by atoms with E-state index in [0.29, 0.717) is 17.9 Å². The zero-order valence-corrected chi connectivity index (χ0v) is 26.0. The number of halogens is 3. The average molecular weight is 629 g/mol. The molecule has 1 N–H and O–H groups in total. The predicted octanol–water partition coefficient (Wildman–Crippen LogP) is 7.47. The second-order valence-corrected chi connectivity index (χ2v) is 13.9. The smallest absolute Gasteiger partial charge is 0.508 e. The molecule has 0 bridgehead atoms. The van der Waals surface area contributed by atoms with Gasteiger partial charge in [0.25, 0.3) is 0 Å². The van der Waals surface area contributed by atoms with Gasteiger partial charge in [-0.3, -0.25) is 0 Å². The summed E-state index contributed by atoms with van der Waals surface area (Å²) >= 11 is 0. The molecule has 43 heavy (non-hydrogen) atoms. The first-order valence-corrected chi connectivity index (χ1v) is 15.4. The van der Waals surface area contributed by atoms with E-state index in [1.54, 1.807) is 18.2 Å². The van der Waals surface area contributed by atoms with Gasteiger partial charge in [-0.25, -0.2) is 9.59 Å². The van der Waals surface area contributed by atoms with Crippen molar-refractivity contribution in [3.05, 3.63) is 58.7 Å². The highest BCUT2D eigenvalue weighted by Crippen LogP contribution is 2.52. The van der Waals surface area contributed by atoms with Gasteiger partial charge < -0.3 is 18.8 Å². The summed E-state index contributed by atoms with van der Waals surface area (Å²) in [7, 11) is -3.24. The maximum Gasteiger partial charge on any atom is 0.534 e. The van der Waals surface area contributed by atoms with E-state index < -0.39 is 27.3 Å². The van der Waals surface area contributed by atoms with Crippen LogP contribution in [0.2, 0.25) is 0 Å². The largest absolute Gasteiger partial charge is 0.534 e. The summed E-state index contributed by atoms with van der Waals surface area (Å²) in [4.78, 5) is 23.3. The van der Waals surface area contributed by atoms with E-state index in [2.05, 4.69) is 22.8 Å². The Hall–Kier alpha value is -3.28. The van der Waals surface area contributed by atoms with Crippen LogP contribution in [0.1, 0.15) is 110 Å². The van der Waals surface area contributed by atoms with Gasteiger partial charge in [-0.2, -0.15) is 21.6 Å². The molecule has 0 amide bonds. The number of phenols is 1. The molecule has 4 rings (SSSR count). The molecule has 8 nitrogen and oxygen atoms in total. The molecule has 2 aromatic carbocycles. The summed E-state index contributed by atoms with van der Waals surface area (Å²) in [6, 6.07) is 8.57. The van der Waals surface area contributed by atoms with Gasteiger partial charge in [-0.1, -0.05) is 40.5 Å². The fourth-order valence-electron chi connectivity index (χ4n) is 6.19. The topological polar surface area (TPSA) is 116 Å². The number of benzene rings is 2. The first-order chi connectivity index (χ1) is 19.8. The van der Waals surface area contributed by atoms with E-state index in [0.717, 1.165) is 37.3 Å². The molecule has 2 aliphatic carbocycles. The number of esters is 2. The molecule has 2 saturated carbocycles. The Labute approximate surface area is 250 Å². The van der Waals surface area contributed by atoms with E-state index in [-0.39, 0.29) is 39.6 Å². The SMILES string of the molecule is COC(=O)c1ccc(O)c(C2CCCC2(C)C)c1.COC(=O)c1ccc(OS(=O)(=O)C(F)(F)F)c(C2CCCC2(C)C)c1. The number of phenolic OH excluding ortho intramolecular Hbond substituents is 1. The lowest BCUT2D eigenvalue weighted by atomic mass is 9.77. The van der Waals surface area contributed by atoms with Crippen LogP contribution in [0, 0.1) is 10.8 Å². The number of carbonyl (C=O) groups is 2. The molecule has 2 aromatic rings. The lowest BCUT2D eigenvalue weighted by Gasteiger charge is -2.29. The van der Waals surface area contributed by atoms with Crippen LogP contribution in [0.4, 0.5) is 13.2 Å². The van der Waals surface area contributed by atoms with Gasteiger partial charge >= 0.3 is 27.6 Å². The minimum atomic E-state index is -5.79. The standard InChI is InChI=1S/C16H19F3O5S.C15H20O3/c1-15(2)8-4-5-12(15)11-9-10(14(20)23-3)6-7-13(11)24-25(21,22)16(17,18)19;1-15(2)8-4-5-12(15)11-9-10(14(17)18-3)6-7-13(11)16/h6-7,9,12H,4-5,8H2,1-3H3;6-7,9,12,16H,4-5,8H2,1-3H3. The Kier molecular flexibility index (Phi) is 10.1. The quantitative estimate of drug-likeness (QED) is 0.199. The molecule has 0 aliphatic heterocycles. The monoisotopic (exact) mass is 628 g/mol. The summed E-state index contributed by atoms with van der Waals surface area (Å²) in [5.74, 6) is -1.08. The van der Waals surface area contributed by atoms with Crippen molar-refractivity contribution < 1.29 is 49.9 Å². The summed E-state index contributed by atoms with van der Waals surface area (Å²) < 4.78 is 74.5. The minimum absolute atomic E-state index is 0.122. The van der Waals surface area contributed by atoms with Crippen LogP contribution in [0.15, 0.2) is 36.4 Å². The summed E-state index contributed by atoms with van der Waals surface area (Å²) in [6.45, 7) is 8.32. The van der Waals surface area contributed by atoms with Gasteiger partial charge in [-0.05, 0) is 90.3 Å². The van der Waals surface area contributed by atoms with Crippen molar-refractivity contribution in [3.63, 3.8) is 0 Å². The third-order valence-corrected chi connectivity index (χ3v) is 9.59. The highest BCUT2D eigenvalue weighted by molar-refractivity contribution is 7.88. The van der Waals surface area contributed by atoms with Crippen molar-refractivity contribution in [2.75, 3.05) is 14.2 Å². The zero-order chi connectivity index (χ0) is 32.4. The fourth-order valence-corrected chi connectivity index (χ4v) is 6.67. The van der Waals surface area contributed by atoms with E-state index >= 15 is 0 Å². The lowest BCUT2D eigenvalue weighted by Crippen LogP contribution is -2.29. The van der Waals surface area contributed by atoms with E-state index in [9.17, 15) is 36.3 Å². The number of methoxy groups -OCH3 is 2. The third-order valence-electron chi connectivity index (χ3n) is 8.63. The maximum atomic E-state index is 12.7. The van der Waals surface area contributed by atoms with Gasteiger partial charge in [0.1, 0.15) is 11.5 Å². The maximum absolute atomic E-state index is 12.7. The van der Waals surface area contributed by atoms with Crippen LogP contribution in [0.3, 0.4) is 0 Å². The molecule has 2 fully saturated rings. The van der Waals surface area contributed by atoms with E-state index in [4.69, 9.17) is 4.74 Å². The predicted molar refractivity (Wildman–Crippen MR) is 154 cm³/mol. The highest BCUT2D eigenvalue weighted by Gasteiger charge is 2.49. The van der Waals surface area contributed by atoms with Crippen molar-refractivity contribution in [2.45, 2.75) is 83.6 Å². The minimum Gasteiger partial charge on any atom is -0.508 e. The van der Waals surface area contributed by atoms with Gasteiger partial charge in [0.2, 0.25) is 0 Å². The number of alkyl halides is 3. The van der Waals surface area contributed by atoms with Crippen LogP contribution in [0.5, 0.6) is 11.5 Å². The number of ether oxygens (including phenoxy) is 2. The molecule has 2 atom stereocenters. The third kappa shape index (κ3) is 7.63. The molecule has 0 aromatic heterocycles. The molecule has 12 heteroatoms. The highest BCUT2D eigenvalue weighted by atomic mass is 32.2. The Morgan fingerprint density at radius 3 is 1.67 bits per heavy atom. The normalized spacial score (nSPS) is 21.0. The molecule has 238 valence electrons. The number of carbonyl (C=O) groups excluding carboxylic acids is 2. The zero-order valence-electron chi connectivity index (χ0n) is 25.2. The molecule has 2 aliphatic rings. The second-order valence-electron chi connectivity index (χ2n) is 12.4.